The highest BCUT2D eigenvalue weighted by Crippen LogP contribution is 2.44. The number of ether oxygens (including phenoxy) is 2. The second kappa shape index (κ2) is 9.73. The molecule has 0 bridgehead atoms. The van der Waals surface area contributed by atoms with E-state index >= 15 is 0 Å². The highest BCUT2D eigenvalue weighted by Gasteiger charge is 2.29. The summed E-state index contributed by atoms with van der Waals surface area (Å²) in [7, 11) is 0. The predicted octanol–water partition coefficient (Wildman–Crippen LogP) is 6.32. The Balaban J connectivity index is 1.33. The first-order valence-corrected chi connectivity index (χ1v) is 11.3. The standard InChI is InChI=1S/C29H23NO5/c31-28(32)24-15-8-16-26(34-17-19-9-2-1-3-10-19)27(24)30-29(33)35-18-25-22-13-6-4-11-20(22)21-12-5-7-14-23(21)25/h1-16,25H,17-18H2,(H,30,33)(H,31,32). The van der Waals surface area contributed by atoms with Crippen molar-refractivity contribution in [3.05, 3.63) is 119 Å². The smallest absolute Gasteiger partial charge is 0.411 e. The van der Waals surface area contributed by atoms with Gasteiger partial charge in [0, 0.05) is 5.92 Å². The van der Waals surface area contributed by atoms with E-state index in [9.17, 15) is 14.7 Å². The van der Waals surface area contributed by atoms with Crippen molar-refractivity contribution < 1.29 is 24.2 Å². The second-order valence-electron chi connectivity index (χ2n) is 8.21. The molecule has 0 spiro atoms. The van der Waals surface area contributed by atoms with Gasteiger partial charge in [0.1, 0.15) is 24.7 Å². The lowest BCUT2D eigenvalue weighted by molar-refractivity contribution is 0.0697. The Labute approximate surface area is 202 Å². The van der Waals surface area contributed by atoms with Crippen LogP contribution >= 0.6 is 0 Å². The van der Waals surface area contributed by atoms with Crippen LogP contribution in [0.1, 0.15) is 33.0 Å². The number of hydrogen-bond acceptors (Lipinski definition) is 4. The number of hydrogen-bond donors (Lipinski definition) is 2. The minimum Gasteiger partial charge on any atom is -0.487 e. The Morgan fingerprint density at radius 3 is 2.06 bits per heavy atom. The van der Waals surface area contributed by atoms with Gasteiger partial charge < -0.3 is 14.6 Å². The number of carbonyl (C=O) groups is 2. The molecule has 1 amide bonds. The molecule has 6 heteroatoms. The zero-order valence-electron chi connectivity index (χ0n) is 18.8. The van der Waals surface area contributed by atoms with Gasteiger partial charge in [0.05, 0.1) is 5.56 Å². The third kappa shape index (κ3) is 4.59. The Hall–Kier alpha value is -4.58. The third-order valence-corrected chi connectivity index (χ3v) is 6.06. The summed E-state index contributed by atoms with van der Waals surface area (Å²) in [6.07, 6.45) is -0.745. The quantitative estimate of drug-likeness (QED) is 0.333. The number of amides is 1. The Bertz CT molecular complexity index is 1340. The molecule has 0 unspecified atom stereocenters. The van der Waals surface area contributed by atoms with Gasteiger partial charge in [-0.25, -0.2) is 9.59 Å². The van der Waals surface area contributed by atoms with E-state index in [0.29, 0.717) is 0 Å². The van der Waals surface area contributed by atoms with Crippen molar-refractivity contribution in [3.8, 4) is 16.9 Å². The van der Waals surface area contributed by atoms with E-state index in [2.05, 4.69) is 17.4 Å². The number of carbonyl (C=O) groups excluding carboxylic acids is 1. The van der Waals surface area contributed by atoms with E-state index < -0.39 is 12.1 Å². The first-order chi connectivity index (χ1) is 17.1. The number of anilines is 1. The second-order valence-corrected chi connectivity index (χ2v) is 8.21. The molecule has 1 aliphatic rings. The Kier molecular flexibility index (Phi) is 6.18. The lowest BCUT2D eigenvalue weighted by atomic mass is 9.98. The van der Waals surface area contributed by atoms with Gasteiger partial charge in [-0.3, -0.25) is 5.32 Å². The molecule has 0 aliphatic heterocycles. The van der Waals surface area contributed by atoms with Crippen LogP contribution in [-0.2, 0) is 11.3 Å². The maximum absolute atomic E-state index is 12.8. The van der Waals surface area contributed by atoms with E-state index in [4.69, 9.17) is 9.47 Å². The Morgan fingerprint density at radius 1 is 0.771 bits per heavy atom. The minimum absolute atomic E-state index is 0.0631. The van der Waals surface area contributed by atoms with Crippen molar-refractivity contribution in [1.82, 2.24) is 0 Å². The molecule has 0 saturated heterocycles. The zero-order chi connectivity index (χ0) is 24.2. The lowest BCUT2D eigenvalue weighted by Gasteiger charge is -2.17. The molecule has 4 aromatic rings. The van der Waals surface area contributed by atoms with Crippen LogP contribution in [0, 0.1) is 0 Å². The fourth-order valence-electron chi connectivity index (χ4n) is 4.43. The first-order valence-electron chi connectivity index (χ1n) is 11.3. The first kappa shape index (κ1) is 22.2. The van der Waals surface area contributed by atoms with E-state index in [-0.39, 0.29) is 36.1 Å². The van der Waals surface area contributed by atoms with E-state index in [0.717, 1.165) is 27.8 Å². The maximum atomic E-state index is 12.8. The number of nitrogens with one attached hydrogen (secondary N) is 1. The van der Waals surface area contributed by atoms with Gasteiger partial charge in [-0.1, -0.05) is 84.9 Å². The molecule has 0 fully saturated rings. The van der Waals surface area contributed by atoms with Gasteiger partial charge in [0.2, 0.25) is 0 Å². The summed E-state index contributed by atoms with van der Waals surface area (Å²) < 4.78 is 11.4. The van der Waals surface area contributed by atoms with Crippen LogP contribution in [0.25, 0.3) is 11.1 Å². The van der Waals surface area contributed by atoms with Crippen LogP contribution < -0.4 is 10.1 Å². The fraction of sp³-hybridized carbons (Fsp3) is 0.103. The SMILES string of the molecule is O=C(Nc1c(OCc2ccccc2)cccc1C(=O)O)OCC1c2ccccc2-c2ccccc21. The summed E-state index contributed by atoms with van der Waals surface area (Å²) in [6.45, 7) is 0.346. The number of carboxylic acids is 1. The summed E-state index contributed by atoms with van der Waals surface area (Å²) in [5.41, 5.74) is 5.35. The van der Waals surface area contributed by atoms with Crippen molar-refractivity contribution in [2.75, 3.05) is 11.9 Å². The molecule has 1 aliphatic carbocycles. The van der Waals surface area contributed by atoms with E-state index in [1.54, 1.807) is 12.1 Å². The van der Waals surface area contributed by atoms with Crippen LogP contribution in [-0.4, -0.2) is 23.8 Å². The number of rotatable bonds is 7. The maximum Gasteiger partial charge on any atom is 0.411 e. The molecule has 4 aromatic carbocycles. The lowest BCUT2D eigenvalue weighted by Crippen LogP contribution is -2.20. The minimum atomic E-state index is -1.18. The summed E-state index contributed by atoms with van der Waals surface area (Å²) in [6, 6.07) is 30.2. The summed E-state index contributed by atoms with van der Waals surface area (Å²) >= 11 is 0. The summed E-state index contributed by atoms with van der Waals surface area (Å²) in [5, 5.41) is 12.3. The average Bonchev–Trinajstić information content (AvgIpc) is 3.21. The molecule has 174 valence electrons. The number of para-hydroxylation sites is 1. The van der Waals surface area contributed by atoms with Gasteiger partial charge in [-0.2, -0.15) is 0 Å². The van der Waals surface area contributed by atoms with Crippen LogP contribution in [0.5, 0.6) is 5.75 Å². The topological polar surface area (TPSA) is 84.9 Å². The number of aromatic carboxylic acids is 1. The van der Waals surface area contributed by atoms with E-state index in [1.165, 1.54) is 6.07 Å². The van der Waals surface area contributed by atoms with Crippen LogP contribution in [0.3, 0.4) is 0 Å². The van der Waals surface area contributed by atoms with Gasteiger partial charge >= 0.3 is 12.1 Å². The molecular weight excluding hydrogens is 442 g/mol. The molecule has 0 radical (unpaired) electrons. The molecule has 2 N–H and O–H groups in total. The highest BCUT2D eigenvalue weighted by molar-refractivity contribution is 6.00. The predicted molar refractivity (Wildman–Crippen MR) is 133 cm³/mol. The summed E-state index contributed by atoms with van der Waals surface area (Å²) in [4.78, 5) is 24.6. The zero-order valence-corrected chi connectivity index (χ0v) is 18.8. The molecule has 5 rings (SSSR count). The largest absolute Gasteiger partial charge is 0.487 e. The van der Waals surface area contributed by atoms with Crippen LogP contribution in [0.15, 0.2) is 97.1 Å². The van der Waals surface area contributed by atoms with Crippen LogP contribution in [0.4, 0.5) is 10.5 Å². The van der Waals surface area contributed by atoms with Gasteiger partial charge in [0.15, 0.2) is 0 Å². The molecule has 35 heavy (non-hydrogen) atoms. The van der Waals surface area contributed by atoms with Gasteiger partial charge in [0.25, 0.3) is 0 Å². The molecule has 0 aromatic heterocycles. The highest BCUT2D eigenvalue weighted by atomic mass is 16.5. The van der Waals surface area contributed by atoms with Gasteiger partial charge in [-0.15, -0.1) is 0 Å². The molecular formula is C29H23NO5. The van der Waals surface area contributed by atoms with E-state index in [1.807, 2.05) is 66.7 Å². The third-order valence-electron chi connectivity index (χ3n) is 6.06. The molecule has 6 nitrogen and oxygen atoms in total. The monoisotopic (exact) mass is 465 g/mol. The normalized spacial score (nSPS) is 11.9. The van der Waals surface area contributed by atoms with Crippen LogP contribution in [0.2, 0.25) is 0 Å². The average molecular weight is 466 g/mol. The van der Waals surface area contributed by atoms with Gasteiger partial charge in [-0.05, 0) is 39.9 Å². The van der Waals surface area contributed by atoms with Crippen molar-refractivity contribution in [3.63, 3.8) is 0 Å². The fourth-order valence-corrected chi connectivity index (χ4v) is 4.43. The van der Waals surface area contributed by atoms with Crippen molar-refractivity contribution >= 4 is 17.7 Å². The Morgan fingerprint density at radius 2 is 1.40 bits per heavy atom. The molecule has 0 saturated carbocycles. The summed E-state index contributed by atoms with van der Waals surface area (Å²) in [5.74, 6) is -1.02. The molecule has 0 heterocycles. The number of fused-ring (bicyclic) bond motifs is 3. The number of carboxylic acid groups (broad SMARTS) is 1. The number of benzene rings is 4. The van der Waals surface area contributed by atoms with Crippen molar-refractivity contribution in [2.45, 2.75) is 12.5 Å². The van der Waals surface area contributed by atoms with Crippen molar-refractivity contribution in [1.29, 1.82) is 0 Å². The van der Waals surface area contributed by atoms with Crippen molar-refractivity contribution in [2.24, 2.45) is 0 Å². The molecule has 0 atom stereocenters.